The molecule has 0 spiro atoms. The minimum absolute atomic E-state index is 0.0169. The van der Waals surface area contributed by atoms with E-state index < -0.39 is 4.92 Å². The Labute approximate surface area is 129 Å². The lowest BCUT2D eigenvalue weighted by Gasteiger charge is -2.41. The van der Waals surface area contributed by atoms with Crippen molar-refractivity contribution in [3.63, 3.8) is 0 Å². The molecule has 2 rings (SSSR count). The summed E-state index contributed by atoms with van der Waals surface area (Å²) in [5.41, 5.74) is 0.597. The molecule has 0 radical (unpaired) electrons. The predicted octanol–water partition coefficient (Wildman–Crippen LogP) is 1.99. The van der Waals surface area contributed by atoms with Crippen LogP contribution in [-0.2, 0) is 4.74 Å². The van der Waals surface area contributed by atoms with Crippen molar-refractivity contribution >= 4 is 11.4 Å². The van der Waals surface area contributed by atoms with E-state index in [1.807, 2.05) is 6.07 Å². The van der Waals surface area contributed by atoms with E-state index in [0.29, 0.717) is 31.0 Å². The molecule has 1 heterocycles. The van der Waals surface area contributed by atoms with E-state index in [9.17, 15) is 10.1 Å². The van der Waals surface area contributed by atoms with Crippen LogP contribution in [0, 0.1) is 21.4 Å². The second kappa shape index (κ2) is 6.73. The van der Waals surface area contributed by atoms with E-state index in [0.717, 1.165) is 13.1 Å². The monoisotopic (exact) mass is 304 g/mol. The van der Waals surface area contributed by atoms with Crippen LogP contribution in [-0.4, -0.2) is 48.2 Å². The predicted molar refractivity (Wildman–Crippen MR) is 82.8 cm³/mol. The summed E-state index contributed by atoms with van der Waals surface area (Å²) in [6.45, 7) is 7.81. The van der Waals surface area contributed by atoms with Gasteiger partial charge >= 0.3 is 0 Å². The topological polar surface area (TPSA) is 91.4 Å². The van der Waals surface area contributed by atoms with Gasteiger partial charge in [0, 0.05) is 31.2 Å². The maximum absolute atomic E-state index is 11.1. The summed E-state index contributed by atoms with van der Waals surface area (Å²) in [5.74, 6) is 0. The molecule has 7 heteroatoms. The van der Waals surface area contributed by atoms with Gasteiger partial charge in [0.1, 0.15) is 5.69 Å². The Balaban J connectivity index is 2.12. The van der Waals surface area contributed by atoms with Gasteiger partial charge in [-0.15, -0.1) is 0 Å². The maximum atomic E-state index is 11.1. The summed E-state index contributed by atoms with van der Waals surface area (Å²) >= 11 is 0. The molecule has 1 aliphatic heterocycles. The highest BCUT2D eigenvalue weighted by Gasteiger charge is 2.28. The first kappa shape index (κ1) is 16.2. The van der Waals surface area contributed by atoms with Gasteiger partial charge < -0.3 is 10.1 Å². The third-order valence-corrected chi connectivity index (χ3v) is 3.90. The fourth-order valence-electron chi connectivity index (χ4n) is 2.50. The molecule has 118 valence electrons. The van der Waals surface area contributed by atoms with Crippen LogP contribution in [0.25, 0.3) is 0 Å². The molecular formula is C15H20N4O3. The smallest absolute Gasteiger partial charge is 0.292 e. The summed E-state index contributed by atoms with van der Waals surface area (Å²) in [5, 5.41) is 23.2. The quantitative estimate of drug-likeness (QED) is 0.660. The fraction of sp³-hybridized carbons (Fsp3) is 0.533. The van der Waals surface area contributed by atoms with E-state index in [1.165, 1.54) is 18.2 Å². The van der Waals surface area contributed by atoms with Crippen molar-refractivity contribution in [2.45, 2.75) is 19.4 Å². The van der Waals surface area contributed by atoms with Gasteiger partial charge in [0.2, 0.25) is 0 Å². The van der Waals surface area contributed by atoms with E-state index in [4.69, 9.17) is 10.00 Å². The molecule has 1 aliphatic rings. The number of benzene rings is 1. The lowest BCUT2D eigenvalue weighted by atomic mass is 10.0. The van der Waals surface area contributed by atoms with Crippen LogP contribution in [0.5, 0.6) is 0 Å². The molecular weight excluding hydrogens is 284 g/mol. The summed E-state index contributed by atoms with van der Waals surface area (Å²) in [6.07, 6.45) is 0. The van der Waals surface area contributed by atoms with Crippen molar-refractivity contribution in [1.29, 1.82) is 5.26 Å². The number of nitro benzene ring substituents is 1. The highest BCUT2D eigenvalue weighted by molar-refractivity contribution is 5.64. The molecule has 0 atom stereocenters. The Morgan fingerprint density at radius 1 is 1.45 bits per heavy atom. The molecule has 0 saturated carbocycles. The first-order valence-corrected chi connectivity index (χ1v) is 7.19. The molecule has 0 unspecified atom stereocenters. The molecule has 0 aliphatic carbocycles. The zero-order valence-corrected chi connectivity index (χ0v) is 12.8. The number of nitrogens with one attached hydrogen (secondary N) is 1. The number of nitrogens with zero attached hydrogens (tertiary/aromatic N) is 3. The molecule has 1 aromatic rings. The van der Waals surface area contributed by atoms with Gasteiger partial charge in [-0.3, -0.25) is 15.0 Å². The molecule has 22 heavy (non-hydrogen) atoms. The van der Waals surface area contributed by atoms with Crippen LogP contribution in [0.4, 0.5) is 11.4 Å². The number of nitro groups is 1. The Morgan fingerprint density at radius 2 is 2.14 bits per heavy atom. The van der Waals surface area contributed by atoms with Gasteiger partial charge in [-0.25, -0.2) is 0 Å². The third kappa shape index (κ3) is 3.72. The first-order valence-electron chi connectivity index (χ1n) is 7.19. The normalized spacial score (nSPS) is 16.0. The molecule has 1 fully saturated rings. The zero-order valence-electron chi connectivity index (χ0n) is 12.8. The van der Waals surface area contributed by atoms with Gasteiger partial charge in [-0.05, 0) is 26.0 Å². The number of hydrogen-bond acceptors (Lipinski definition) is 6. The molecule has 7 nitrogen and oxygen atoms in total. The number of anilines is 1. The van der Waals surface area contributed by atoms with Gasteiger partial charge in [0.15, 0.2) is 0 Å². The summed E-state index contributed by atoms with van der Waals surface area (Å²) < 4.78 is 5.35. The Morgan fingerprint density at radius 3 is 2.73 bits per heavy atom. The minimum atomic E-state index is -0.439. The number of ether oxygens (including phenoxy) is 1. The summed E-state index contributed by atoms with van der Waals surface area (Å²) in [7, 11) is 0. The Bertz CT molecular complexity index is 589. The lowest BCUT2D eigenvalue weighted by Crippen LogP contribution is -2.53. The third-order valence-electron chi connectivity index (χ3n) is 3.90. The van der Waals surface area contributed by atoms with Crippen LogP contribution in [0.2, 0.25) is 0 Å². The second-order valence-corrected chi connectivity index (χ2v) is 5.87. The van der Waals surface area contributed by atoms with Gasteiger partial charge in [-0.1, -0.05) is 0 Å². The number of morpholine rings is 1. The van der Waals surface area contributed by atoms with Crippen LogP contribution in [0.15, 0.2) is 18.2 Å². The highest BCUT2D eigenvalue weighted by Crippen LogP contribution is 2.26. The van der Waals surface area contributed by atoms with Crippen molar-refractivity contribution in [2.24, 2.45) is 0 Å². The van der Waals surface area contributed by atoms with Crippen molar-refractivity contribution in [2.75, 3.05) is 38.2 Å². The van der Waals surface area contributed by atoms with Crippen LogP contribution < -0.4 is 5.32 Å². The fourth-order valence-corrected chi connectivity index (χ4v) is 2.50. The lowest BCUT2D eigenvalue weighted by molar-refractivity contribution is -0.384. The zero-order chi connectivity index (χ0) is 16.2. The first-order chi connectivity index (χ1) is 10.4. The SMILES string of the molecule is CC(C)(CNc1cc(C#N)ccc1[N+](=O)[O-])N1CCOCC1. The second-order valence-electron chi connectivity index (χ2n) is 5.87. The molecule has 0 bridgehead atoms. The van der Waals surface area contributed by atoms with Crippen LogP contribution >= 0.6 is 0 Å². The number of rotatable bonds is 5. The van der Waals surface area contributed by atoms with Crippen LogP contribution in [0.3, 0.4) is 0 Å². The standard InChI is InChI=1S/C15H20N4O3/c1-15(2,18-5-7-22-8-6-18)11-17-13-9-12(10-16)3-4-14(13)19(20)21/h3-4,9,17H,5-8,11H2,1-2H3. The minimum Gasteiger partial charge on any atom is -0.379 e. The molecule has 0 amide bonds. The Hall–Kier alpha value is -2.17. The highest BCUT2D eigenvalue weighted by atomic mass is 16.6. The average Bonchev–Trinajstić information content (AvgIpc) is 2.53. The van der Waals surface area contributed by atoms with Gasteiger partial charge in [0.25, 0.3) is 5.69 Å². The van der Waals surface area contributed by atoms with E-state index in [2.05, 4.69) is 24.1 Å². The van der Waals surface area contributed by atoms with Crippen molar-refractivity contribution in [3.05, 3.63) is 33.9 Å². The van der Waals surface area contributed by atoms with Crippen molar-refractivity contribution in [3.8, 4) is 6.07 Å². The maximum Gasteiger partial charge on any atom is 0.292 e. The molecule has 1 N–H and O–H groups in total. The van der Waals surface area contributed by atoms with E-state index in [-0.39, 0.29) is 11.2 Å². The summed E-state index contributed by atoms with van der Waals surface area (Å²) in [6, 6.07) is 6.34. The Kier molecular flexibility index (Phi) is 4.96. The van der Waals surface area contributed by atoms with Gasteiger partial charge in [0.05, 0.1) is 29.8 Å². The van der Waals surface area contributed by atoms with Crippen molar-refractivity contribution < 1.29 is 9.66 Å². The molecule has 1 saturated heterocycles. The van der Waals surface area contributed by atoms with Gasteiger partial charge in [-0.2, -0.15) is 5.26 Å². The van der Waals surface area contributed by atoms with Crippen molar-refractivity contribution in [1.82, 2.24) is 4.90 Å². The summed E-state index contributed by atoms with van der Waals surface area (Å²) in [4.78, 5) is 13.0. The van der Waals surface area contributed by atoms with E-state index in [1.54, 1.807) is 0 Å². The largest absolute Gasteiger partial charge is 0.379 e. The average molecular weight is 304 g/mol. The molecule has 1 aromatic carbocycles. The number of hydrogen-bond donors (Lipinski definition) is 1. The number of nitriles is 1. The molecule has 0 aromatic heterocycles. The van der Waals surface area contributed by atoms with Crippen LogP contribution in [0.1, 0.15) is 19.4 Å². The van der Waals surface area contributed by atoms with E-state index >= 15 is 0 Å².